The Morgan fingerprint density at radius 3 is 1.39 bits per heavy atom. The zero-order valence-electron chi connectivity index (χ0n) is 36.6. The number of rotatable bonds is 10. The zero-order valence-corrected chi connectivity index (χ0v) is 36.6. The summed E-state index contributed by atoms with van der Waals surface area (Å²) in [6.07, 6.45) is 2.21. The number of nitrogens with one attached hydrogen (secondary N) is 2. The second-order valence-electron chi connectivity index (χ2n) is 16.6. The third-order valence-electron chi connectivity index (χ3n) is 12.3. The molecule has 1 aromatic heterocycles. The highest BCUT2D eigenvalue weighted by molar-refractivity contribution is 6.36. The molecule has 0 amide bonds. The maximum atomic E-state index is 9.75. The summed E-state index contributed by atoms with van der Waals surface area (Å²) in [5.74, 6) is 0.662. The van der Waals surface area contributed by atoms with Crippen molar-refractivity contribution in [2.75, 3.05) is 0 Å². The van der Waals surface area contributed by atoms with Crippen LogP contribution in [0.1, 0.15) is 27.8 Å². The van der Waals surface area contributed by atoms with Gasteiger partial charge in [-0.25, -0.2) is 9.97 Å². The molecule has 2 N–H and O–H groups in total. The van der Waals surface area contributed by atoms with Gasteiger partial charge in [-0.3, -0.25) is 5.41 Å². The lowest BCUT2D eigenvalue weighted by atomic mass is 9.86. The number of hydrogen-bond donors (Lipinski definition) is 2. The van der Waals surface area contributed by atoms with E-state index >= 15 is 0 Å². The van der Waals surface area contributed by atoms with Gasteiger partial charge in [-0.1, -0.05) is 212 Å². The fraction of sp³-hybridized carbons (Fsp3) is 0. The van der Waals surface area contributed by atoms with Crippen LogP contribution < -0.4 is 5.32 Å². The summed E-state index contributed by atoms with van der Waals surface area (Å²) in [6, 6.07) is 86.1. The number of nitrogens with zero attached hydrogens (tertiary/aromatic N) is 2. The van der Waals surface area contributed by atoms with Crippen molar-refractivity contribution in [3.05, 3.63) is 277 Å². The van der Waals surface area contributed by atoms with Gasteiger partial charge >= 0.3 is 0 Å². The molecule has 1 aliphatic rings. The third-order valence-corrected chi connectivity index (χ3v) is 12.3. The minimum absolute atomic E-state index is 0.445. The van der Waals surface area contributed by atoms with E-state index < -0.39 is 0 Å². The monoisotopic (exact) mass is 856 g/mol. The van der Waals surface area contributed by atoms with Crippen molar-refractivity contribution in [3.63, 3.8) is 0 Å². The fourth-order valence-electron chi connectivity index (χ4n) is 8.90. The molecule has 0 unspecified atom stereocenters. The van der Waals surface area contributed by atoms with Gasteiger partial charge in [-0.2, -0.15) is 0 Å². The first-order valence-corrected chi connectivity index (χ1v) is 22.6. The zero-order chi connectivity index (χ0) is 44.9. The molecule has 0 fully saturated rings. The molecule has 4 heteroatoms. The predicted molar refractivity (Wildman–Crippen MR) is 279 cm³/mol. The summed E-state index contributed by atoms with van der Waals surface area (Å²) in [7, 11) is 0. The van der Waals surface area contributed by atoms with Crippen LogP contribution in [-0.4, -0.2) is 15.7 Å². The molecule has 0 spiro atoms. The van der Waals surface area contributed by atoms with Crippen molar-refractivity contribution >= 4 is 28.8 Å². The van der Waals surface area contributed by atoms with E-state index in [0.29, 0.717) is 11.5 Å². The molecule has 9 aromatic carbocycles. The topological polar surface area (TPSA) is 61.7 Å². The Hall–Kier alpha value is -8.99. The van der Waals surface area contributed by atoms with E-state index in [-0.39, 0.29) is 0 Å². The van der Waals surface area contributed by atoms with Gasteiger partial charge < -0.3 is 5.32 Å². The fourth-order valence-corrected chi connectivity index (χ4v) is 8.90. The van der Waals surface area contributed by atoms with Crippen LogP contribution in [0.4, 0.5) is 0 Å². The highest BCUT2D eigenvalue weighted by Crippen LogP contribution is 2.40. The number of benzene rings is 9. The van der Waals surface area contributed by atoms with E-state index in [0.717, 1.165) is 106 Å². The Morgan fingerprint density at radius 2 is 0.791 bits per heavy atom. The van der Waals surface area contributed by atoms with Crippen molar-refractivity contribution in [2.45, 2.75) is 0 Å². The van der Waals surface area contributed by atoms with E-state index in [2.05, 4.69) is 187 Å². The maximum Gasteiger partial charge on any atom is 0.160 e. The van der Waals surface area contributed by atoms with Crippen molar-refractivity contribution in [3.8, 4) is 67.3 Å². The Morgan fingerprint density at radius 1 is 0.343 bits per heavy atom. The van der Waals surface area contributed by atoms with E-state index in [4.69, 9.17) is 9.97 Å². The Balaban J connectivity index is 1.06. The quantitative estimate of drug-likeness (QED) is 0.135. The van der Waals surface area contributed by atoms with E-state index in [9.17, 15) is 5.41 Å². The van der Waals surface area contributed by atoms with E-state index in [1.807, 2.05) is 72.8 Å². The van der Waals surface area contributed by atoms with Gasteiger partial charge in [0.1, 0.15) is 0 Å². The van der Waals surface area contributed by atoms with Gasteiger partial charge in [0.25, 0.3) is 0 Å². The van der Waals surface area contributed by atoms with Crippen molar-refractivity contribution in [1.29, 1.82) is 5.41 Å². The Labute approximate surface area is 391 Å². The predicted octanol–water partition coefficient (Wildman–Crippen LogP) is 15.5. The first-order chi connectivity index (χ1) is 33.1. The summed E-state index contributed by atoms with van der Waals surface area (Å²) >= 11 is 0. The number of aromatic nitrogens is 2. The lowest BCUT2D eigenvalue weighted by molar-refractivity contribution is 1.18. The Bertz CT molecular complexity index is 3400. The summed E-state index contributed by atoms with van der Waals surface area (Å²) in [6.45, 7) is 0. The van der Waals surface area contributed by atoms with Crippen LogP contribution in [0.3, 0.4) is 0 Å². The molecular formula is C63H44N4. The molecule has 2 heterocycles. The standard InChI is InChI=1S/C63H44N4/c64-61(47-28-15-5-16-29-47)60(46-26-13-4-14-27-46)62-56-40-50(34-35-51(56)41-57(65-62)45-24-11-3-12-25-45)49-32-19-33-52(36-49)58-42-59(67-63(66-58)48-30-17-6-18-31-48)55-38-53(43-20-7-1-8-21-43)37-54(39-55)44-22-9-2-10-23-44/h1-42,64-65H/b62-60-,64-61?. The maximum absolute atomic E-state index is 9.75. The molecule has 1 aliphatic heterocycles. The first kappa shape index (κ1) is 40.8. The molecule has 11 rings (SSSR count). The third kappa shape index (κ3) is 8.55. The molecule has 0 saturated heterocycles. The summed E-state index contributed by atoms with van der Waals surface area (Å²) in [5, 5.41) is 13.6. The molecule has 0 atom stereocenters. The van der Waals surface area contributed by atoms with Gasteiger partial charge in [0.05, 0.1) is 22.8 Å². The van der Waals surface area contributed by atoms with Crippen LogP contribution in [0.25, 0.3) is 90.3 Å². The summed E-state index contributed by atoms with van der Waals surface area (Å²) < 4.78 is 0. The molecule has 0 aliphatic carbocycles. The van der Waals surface area contributed by atoms with E-state index in [1.165, 1.54) is 0 Å². The largest absolute Gasteiger partial charge is 0.354 e. The van der Waals surface area contributed by atoms with Crippen LogP contribution >= 0.6 is 0 Å². The van der Waals surface area contributed by atoms with Crippen LogP contribution in [0.5, 0.6) is 0 Å². The van der Waals surface area contributed by atoms with E-state index in [1.54, 1.807) is 0 Å². The molecule has 4 nitrogen and oxygen atoms in total. The van der Waals surface area contributed by atoms with Gasteiger partial charge in [0.15, 0.2) is 5.82 Å². The minimum Gasteiger partial charge on any atom is -0.354 e. The Kier molecular flexibility index (Phi) is 11.1. The minimum atomic E-state index is 0.445. The van der Waals surface area contributed by atoms with Crippen molar-refractivity contribution < 1.29 is 0 Å². The highest BCUT2D eigenvalue weighted by Gasteiger charge is 2.25. The van der Waals surface area contributed by atoms with Crippen LogP contribution in [-0.2, 0) is 0 Å². The van der Waals surface area contributed by atoms with Gasteiger partial charge in [0.2, 0.25) is 0 Å². The molecule has 67 heavy (non-hydrogen) atoms. The molecule has 316 valence electrons. The van der Waals surface area contributed by atoms with Crippen molar-refractivity contribution in [1.82, 2.24) is 15.3 Å². The SMILES string of the molecule is N=C(/C(=C1\NC(c2ccccc2)=Cc2ccc(-c3cccc(-c4cc(-c5cc(-c6ccccc6)cc(-c6ccccc6)c5)nc(-c5ccccc5)n4)c3)cc21)c1ccccc1)c1ccccc1. The van der Waals surface area contributed by atoms with Gasteiger partial charge in [-0.05, 0) is 92.5 Å². The highest BCUT2D eigenvalue weighted by atomic mass is 14.9. The summed E-state index contributed by atoms with van der Waals surface area (Å²) in [5.41, 5.74) is 19.4. The molecule has 0 radical (unpaired) electrons. The van der Waals surface area contributed by atoms with Crippen LogP contribution in [0, 0.1) is 5.41 Å². The second kappa shape index (κ2) is 18.2. The first-order valence-electron chi connectivity index (χ1n) is 22.6. The molecule has 0 bridgehead atoms. The average molecular weight is 857 g/mol. The number of hydrogen-bond acceptors (Lipinski definition) is 4. The number of allylic oxidation sites excluding steroid dienone is 1. The van der Waals surface area contributed by atoms with Gasteiger partial charge in [0, 0.05) is 39.1 Å². The number of fused-ring (bicyclic) bond motifs is 1. The smallest absolute Gasteiger partial charge is 0.160 e. The average Bonchev–Trinajstić information content (AvgIpc) is 3.42. The molecular weight excluding hydrogens is 813 g/mol. The normalized spacial score (nSPS) is 12.6. The van der Waals surface area contributed by atoms with Crippen LogP contribution in [0.2, 0.25) is 0 Å². The lowest BCUT2D eigenvalue weighted by Gasteiger charge is -2.27. The van der Waals surface area contributed by atoms with Gasteiger partial charge in [-0.15, -0.1) is 0 Å². The molecule has 10 aromatic rings. The summed E-state index contributed by atoms with van der Waals surface area (Å²) in [4.78, 5) is 10.5. The second-order valence-corrected chi connectivity index (χ2v) is 16.6. The molecule has 0 saturated carbocycles. The van der Waals surface area contributed by atoms with Crippen LogP contribution in [0.15, 0.2) is 249 Å². The van der Waals surface area contributed by atoms with Crippen molar-refractivity contribution in [2.24, 2.45) is 0 Å². The lowest BCUT2D eigenvalue weighted by Crippen LogP contribution is -2.20.